The van der Waals surface area contributed by atoms with Crippen molar-refractivity contribution in [2.24, 2.45) is 0 Å². The zero-order valence-electron chi connectivity index (χ0n) is 11.2. The first kappa shape index (κ1) is 14.1. The summed E-state index contributed by atoms with van der Waals surface area (Å²) in [7, 11) is 0. The predicted molar refractivity (Wildman–Crippen MR) is 78.8 cm³/mol. The Morgan fingerprint density at radius 2 is 1.95 bits per heavy atom. The molecule has 2 rings (SSSR count). The summed E-state index contributed by atoms with van der Waals surface area (Å²) in [6, 6.07) is 7.24. The number of fused-ring (bicyclic) bond motifs is 1. The molecule has 0 radical (unpaired) electrons. The van der Waals surface area contributed by atoms with Crippen molar-refractivity contribution >= 4 is 16.9 Å². The molecular formula is C16H17NO3. The van der Waals surface area contributed by atoms with Gasteiger partial charge in [-0.2, -0.15) is 0 Å². The van der Waals surface area contributed by atoms with Crippen LogP contribution in [0.2, 0.25) is 0 Å². The molecule has 1 aromatic carbocycles. The van der Waals surface area contributed by atoms with Gasteiger partial charge in [-0.25, -0.2) is 4.79 Å². The van der Waals surface area contributed by atoms with Crippen molar-refractivity contribution in [2.75, 3.05) is 13.1 Å². The van der Waals surface area contributed by atoms with E-state index in [1.54, 1.807) is 12.1 Å². The molecule has 0 spiro atoms. The maximum absolute atomic E-state index is 10.9. The highest BCUT2D eigenvalue weighted by molar-refractivity contribution is 5.91. The highest BCUT2D eigenvalue weighted by Crippen LogP contribution is 2.21. The molecule has 0 aliphatic carbocycles. The van der Waals surface area contributed by atoms with Gasteiger partial charge >= 0.3 is 5.97 Å². The first-order valence-electron chi connectivity index (χ1n) is 6.34. The van der Waals surface area contributed by atoms with E-state index >= 15 is 0 Å². The normalized spacial score (nSPS) is 10.8. The molecule has 0 saturated heterocycles. The van der Waals surface area contributed by atoms with E-state index in [1.807, 2.05) is 24.3 Å². The maximum Gasteiger partial charge on any atom is 0.371 e. The summed E-state index contributed by atoms with van der Waals surface area (Å²) >= 11 is 0. The topological polar surface area (TPSA) is 53.7 Å². The average molecular weight is 271 g/mol. The first-order chi connectivity index (χ1) is 9.63. The van der Waals surface area contributed by atoms with Crippen LogP contribution in [0.5, 0.6) is 0 Å². The third-order valence-electron chi connectivity index (χ3n) is 2.97. The molecule has 104 valence electrons. The molecular weight excluding hydrogens is 254 g/mol. The van der Waals surface area contributed by atoms with Crippen LogP contribution in [0.4, 0.5) is 0 Å². The number of furan rings is 1. The molecule has 4 nitrogen and oxygen atoms in total. The van der Waals surface area contributed by atoms with E-state index in [4.69, 9.17) is 9.52 Å². The molecule has 0 unspecified atom stereocenters. The van der Waals surface area contributed by atoms with Crippen molar-refractivity contribution in [3.8, 4) is 0 Å². The molecule has 2 aromatic rings. The van der Waals surface area contributed by atoms with E-state index in [9.17, 15) is 4.79 Å². The summed E-state index contributed by atoms with van der Waals surface area (Å²) < 4.78 is 5.24. The Labute approximate surface area is 117 Å². The quantitative estimate of drug-likeness (QED) is 0.785. The molecule has 0 aliphatic rings. The minimum absolute atomic E-state index is 0.0359. The third kappa shape index (κ3) is 3.16. The number of nitrogens with zero attached hydrogens (tertiary/aromatic N) is 1. The third-order valence-corrected chi connectivity index (χ3v) is 2.97. The average Bonchev–Trinajstić information content (AvgIpc) is 2.82. The number of aromatic carboxylic acids is 1. The predicted octanol–water partition coefficient (Wildman–Crippen LogP) is 3.31. The second-order valence-electron chi connectivity index (χ2n) is 4.56. The zero-order valence-corrected chi connectivity index (χ0v) is 11.2. The fourth-order valence-corrected chi connectivity index (χ4v) is 2.12. The fraction of sp³-hybridized carbons (Fsp3) is 0.188. The Hall–Kier alpha value is -2.33. The maximum atomic E-state index is 10.9. The van der Waals surface area contributed by atoms with Crippen LogP contribution in [0.3, 0.4) is 0 Å². The lowest BCUT2D eigenvalue weighted by Gasteiger charge is -2.18. The Kier molecular flexibility index (Phi) is 4.38. The molecule has 4 heteroatoms. The van der Waals surface area contributed by atoms with Crippen molar-refractivity contribution in [1.82, 2.24) is 4.90 Å². The van der Waals surface area contributed by atoms with Crippen molar-refractivity contribution < 1.29 is 14.3 Å². The summed E-state index contributed by atoms with van der Waals surface area (Å²) in [5.41, 5.74) is 1.68. The summed E-state index contributed by atoms with van der Waals surface area (Å²) in [6.07, 6.45) is 3.70. The molecule has 1 N–H and O–H groups in total. The molecule has 0 amide bonds. The van der Waals surface area contributed by atoms with Gasteiger partial charge in [-0.05, 0) is 23.8 Å². The SMILES string of the molecule is C=CCN(CC=C)Cc1ccc2oc(C(=O)O)cc2c1. The summed E-state index contributed by atoms with van der Waals surface area (Å²) in [6.45, 7) is 9.78. The van der Waals surface area contributed by atoms with Gasteiger partial charge < -0.3 is 9.52 Å². The van der Waals surface area contributed by atoms with Crippen LogP contribution in [0, 0.1) is 0 Å². The highest BCUT2D eigenvalue weighted by Gasteiger charge is 2.11. The van der Waals surface area contributed by atoms with Gasteiger partial charge in [-0.1, -0.05) is 18.2 Å². The largest absolute Gasteiger partial charge is 0.475 e. The van der Waals surface area contributed by atoms with E-state index in [2.05, 4.69) is 18.1 Å². The molecule has 1 heterocycles. The first-order valence-corrected chi connectivity index (χ1v) is 6.34. The number of carboxylic acids is 1. The lowest BCUT2D eigenvalue weighted by atomic mass is 10.1. The number of hydrogen-bond donors (Lipinski definition) is 1. The van der Waals surface area contributed by atoms with E-state index < -0.39 is 5.97 Å². The molecule has 0 saturated carbocycles. The Bertz CT molecular complexity index is 632. The van der Waals surface area contributed by atoms with Gasteiger partial charge in [-0.3, -0.25) is 4.90 Å². The van der Waals surface area contributed by atoms with Gasteiger partial charge in [-0.15, -0.1) is 13.2 Å². The van der Waals surface area contributed by atoms with Gasteiger partial charge in [0.2, 0.25) is 5.76 Å². The van der Waals surface area contributed by atoms with E-state index in [0.717, 1.165) is 30.6 Å². The molecule has 0 fully saturated rings. The van der Waals surface area contributed by atoms with Crippen LogP contribution in [0.15, 0.2) is 54.0 Å². The number of carboxylic acid groups (broad SMARTS) is 1. The minimum Gasteiger partial charge on any atom is -0.475 e. The minimum atomic E-state index is -1.05. The zero-order chi connectivity index (χ0) is 14.5. The molecule has 20 heavy (non-hydrogen) atoms. The van der Waals surface area contributed by atoms with E-state index in [0.29, 0.717) is 5.58 Å². The second-order valence-corrected chi connectivity index (χ2v) is 4.56. The highest BCUT2D eigenvalue weighted by atomic mass is 16.4. The summed E-state index contributed by atoms with van der Waals surface area (Å²) in [5, 5.41) is 9.72. The van der Waals surface area contributed by atoms with Crippen LogP contribution in [0.25, 0.3) is 11.0 Å². The van der Waals surface area contributed by atoms with Crippen molar-refractivity contribution in [3.63, 3.8) is 0 Å². The number of rotatable bonds is 7. The molecule has 0 aliphatic heterocycles. The number of hydrogen-bond acceptors (Lipinski definition) is 3. The second kappa shape index (κ2) is 6.21. The fourth-order valence-electron chi connectivity index (χ4n) is 2.12. The number of carbonyl (C=O) groups is 1. The van der Waals surface area contributed by atoms with Crippen molar-refractivity contribution in [2.45, 2.75) is 6.54 Å². The smallest absolute Gasteiger partial charge is 0.371 e. The monoisotopic (exact) mass is 271 g/mol. The Morgan fingerprint density at radius 3 is 2.55 bits per heavy atom. The summed E-state index contributed by atoms with van der Waals surface area (Å²) in [4.78, 5) is 13.1. The Balaban J connectivity index is 2.23. The summed E-state index contributed by atoms with van der Waals surface area (Å²) in [5.74, 6) is -1.09. The molecule has 1 aromatic heterocycles. The van der Waals surface area contributed by atoms with Gasteiger partial charge in [0.05, 0.1) is 0 Å². The molecule has 0 bridgehead atoms. The van der Waals surface area contributed by atoms with Crippen LogP contribution in [-0.4, -0.2) is 29.1 Å². The van der Waals surface area contributed by atoms with Crippen molar-refractivity contribution in [1.29, 1.82) is 0 Å². The van der Waals surface area contributed by atoms with Gasteiger partial charge in [0.1, 0.15) is 5.58 Å². The van der Waals surface area contributed by atoms with Crippen molar-refractivity contribution in [3.05, 3.63) is 60.9 Å². The van der Waals surface area contributed by atoms with Crippen LogP contribution < -0.4 is 0 Å². The van der Waals surface area contributed by atoms with E-state index in [-0.39, 0.29) is 5.76 Å². The standard InChI is InChI=1S/C16H17NO3/c1-3-7-17(8-4-2)11-12-5-6-14-13(9-12)10-15(20-14)16(18)19/h3-6,9-10H,1-2,7-8,11H2,(H,18,19). The Morgan fingerprint density at radius 1 is 1.25 bits per heavy atom. The van der Waals surface area contributed by atoms with E-state index in [1.165, 1.54) is 0 Å². The number of benzene rings is 1. The lowest BCUT2D eigenvalue weighted by molar-refractivity contribution is 0.0665. The van der Waals surface area contributed by atoms with Gasteiger partial charge in [0.15, 0.2) is 0 Å². The lowest BCUT2D eigenvalue weighted by Crippen LogP contribution is -2.23. The van der Waals surface area contributed by atoms with Gasteiger partial charge in [0.25, 0.3) is 0 Å². The molecule has 0 atom stereocenters. The van der Waals surface area contributed by atoms with Gasteiger partial charge in [0, 0.05) is 25.0 Å². The van der Waals surface area contributed by atoms with Crippen LogP contribution in [-0.2, 0) is 6.54 Å². The van der Waals surface area contributed by atoms with Crippen LogP contribution >= 0.6 is 0 Å². The van der Waals surface area contributed by atoms with Crippen LogP contribution in [0.1, 0.15) is 16.1 Å².